The third kappa shape index (κ3) is 1.67. The Morgan fingerprint density at radius 2 is 2.18 bits per heavy atom. The molecule has 0 aliphatic carbocycles. The summed E-state index contributed by atoms with van der Waals surface area (Å²) in [7, 11) is 0. The van der Waals surface area contributed by atoms with Crippen molar-refractivity contribution in [3.05, 3.63) is 41.7 Å². The zero-order valence-corrected chi connectivity index (χ0v) is 10.1. The van der Waals surface area contributed by atoms with Crippen molar-refractivity contribution in [2.24, 2.45) is 5.73 Å². The first-order valence-electron chi connectivity index (χ1n) is 6.14. The van der Waals surface area contributed by atoms with Crippen LogP contribution in [0.3, 0.4) is 0 Å². The molecule has 2 heterocycles. The van der Waals surface area contributed by atoms with Crippen LogP contribution in [0.1, 0.15) is 30.1 Å². The summed E-state index contributed by atoms with van der Waals surface area (Å²) in [5, 5.41) is 0. The standard InChI is InChI=1S/C14H17N3/c1-10-5-2-3-6-11(10)14-16-9-13-12(15)7-4-8-17(13)14/h2-3,5-6,9,12H,4,7-8,15H2,1H3. The van der Waals surface area contributed by atoms with Gasteiger partial charge >= 0.3 is 0 Å². The van der Waals surface area contributed by atoms with E-state index in [9.17, 15) is 0 Å². The lowest BCUT2D eigenvalue weighted by Gasteiger charge is -2.22. The Hall–Kier alpha value is -1.61. The van der Waals surface area contributed by atoms with Crippen molar-refractivity contribution < 1.29 is 0 Å². The highest BCUT2D eigenvalue weighted by Crippen LogP contribution is 2.30. The van der Waals surface area contributed by atoms with Crippen LogP contribution in [0.5, 0.6) is 0 Å². The molecule has 1 aliphatic rings. The maximum Gasteiger partial charge on any atom is 0.140 e. The lowest BCUT2D eigenvalue weighted by Crippen LogP contribution is -2.21. The van der Waals surface area contributed by atoms with Crippen LogP contribution < -0.4 is 5.73 Å². The third-order valence-corrected chi connectivity index (χ3v) is 3.55. The first-order chi connectivity index (χ1) is 8.27. The lowest BCUT2D eigenvalue weighted by atomic mass is 10.0. The van der Waals surface area contributed by atoms with Crippen LogP contribution in [-0.2, 0) is 6.54 Å². The van der Waals surface area contributed by atoms with Gasteiger partial charge in [0.25, 0.3) is 0 Å². The minimum atomic E-state index is 0.147. The van der Waals surface area contributed by atoms with Crippen molar-refractivity contribution in [3.63, 3.8) is 0 Å². The number of rotatable bonds is 1. The molecule has 3 nitrogen and oxygen atoms in total. The summed E-state index contributed by atoms with van der Waals surface area (Å²) in [4.78, 5) is 4.56. The summed E-state index contributed by atoms with van der Waals surface area (Å²) in [5.41, 5.74) is 9.77. The minimum absolute atomic E-state index is 0.147. The predicted molar refractivity (Wildman–Crippen MR) is 68.6 cm³/mol. The Morgan fingerprint density at radius 1 is 1.35 bits per heavy atom. The number of imidazole rings is 1. The molecule has 0 saturated carbocycles. The summed E-state index contributed by atoms with van der Waals surface area (Å²) < 4.78 is 2.27. The molecule has 3 rings (SSSR count). The topological polar surface area (TPSA) is 43.8 Å². The van der Waals surface area contributed by atoms with Gasteiger partial charge in [-0.25, -0.2) is 4.98 Å². The van der Waals surface area contributed by atoms with Gasteiger partial charge in [0.05, 0.1) is 11.9 Å². The molecular formula is C14H17N3. The molecule has 0 saturated heterocycles. The van der Waals surface area contributed by atoms with Crippen LogP contribution in [0.25, 0.3) is 11.4 Å². The van der Waals surface area contributed by atoms with Gasteiger partial charge in [-0.3, -0.25) is 0 Å². The molecule has 3 heteroatoms. The number of nitrogens with two attached hydrogens (primary N) is 1. The van der Waals surface area contributed by atoms with Crippen molar-refractivity contribution in [2.75, 3.05) is 0 Å². The first-order valence-corrected chi connectivity index (χ1v) is 6.14. The van der Waals surface area contributed by atoms with Crippen molar-refractivity contribution >= 4 is 0 Å². The van der Waals surface area contributed by atoms with Gasteiger partial charge in [-0.05, 0) is 25.3 Å². The van der Waals surface area contributed by atoms with Crippen molar-refractivity contribution in [1.29, 1.82) is 0 Å². The van der Waals surface area contributed by atoms with Gasteiger partial charge in [0.15, 0.2) is 0 Å². The molecule has 0 radical (unpaired) electrons. The van der Waals surface area contributed by atoms with Crippen LogP contribution in [-0.4, -0.2) is 9.55 Å². The SMILES string of the molecule is Cc1ccccc1-c1ncc2n1CCCC2N. The van der Waals surface area contributed by atoms with E-state index in [0.29, 0.717) is 0 Å². The second kappa shape index (κ2) is 4.00. The molecule has 88 valence electrons. The highest BCUT2D eigenvalue weighted by molar-refractivity contribution is 5.61. The number of hydrogen-bond donors (Lipinski definition) is 1. The summed E-state index contributed by atoms with van der Waals surface area (Å²) >= 11 is 0. The second-order valence-corrected chi connectivity index (χ2v) is 4.72. The fraction of sp³-hybridized carbons (Fsp3) is 0.357. The average molecular weight is 227 g/mol. The Morgan fingerprint density at radius 3 is 3.00 bits per heavy atom. The maximum absolute atomic E-state index is 6.11. The van der Waals surface area contributed by atoms with Crippen molar-refractivity contribution in [1.82, 2.24) is 9.55 Å². The zero-order chi connectivity index (χ0) is 11.8. The number of aryl methyl sites for hydroxylation is 1. The second-order valence-electron chi connectivity index (χ2n) is 4.72. The lowest BCUT2D eigenvalue weighted by molar-refractivity contribution is 0.466. The van der Waals surface area contributed by atoms with Crippen LogP contribution in [0.4, 0.5) is 0 Å². The van der Waals surface area contributed by atoms with E-state index in [2.05, 4.69) is 40.7 Å². The van der Waals surface area contributed by atoms with E-state index in [0.717, 1.165) is 25.2 Å². The van der Waals surface area contributed by atoms with Gasteiger partial charge < -0.3 is 10.3 Å². The molecule has 0 amide bonds. The molecule has 0 fully saturated rings. The molecule has 1 unspecified atom stereocenters. The molecule has 2 aromatic rings. The van der Waals surface area contributed by atoms with Gasteiger partial charge in [-0.2, -0.15) is 0 Å². The van der Waals surface area contributed by atoms with Crippen LogP contribution in [0.15, 0.2) is 30.5 Å². The number of aromatic nitrogens is 2. The molecule has 1 aromatic heterocycles. The van der Waals surface area contributed by atoms with E-state index in [1.807, 2.05) is 6.20 Å². The Balaban J connectivity index is 2.14. The fourth-order valence-electron chi connectivity index (χ4n) is 2.58. The molecule has 1 aromatic carbocycles. The fourth-order valence-corrected chi connectivity index (χ4v) is 2.58. The molecule has 0 bridgehead atoms. The van der Waals surface area contributed by atoms with Gasteiger partial charge in [0, 0.05) is 18.2 Å². The monoisotopic (exact) mass is 227 g/mol. The Labute approximate surface area is 101 Å². The molecule has 17 heavy (non-hydrogen) atoms. The molecule has 1 atom stereocenters. The number of benzene rings is 1. The van der Waals surface area contributed by atoms with Gasteiger partial charge in [-0.15, -0.1) is 0 Å². The summed E-state index contributed by atoms with van der Waals surface area (Å²) in [5.74, 6) is 1.06. The van der Waals surface area contributed by atoms with Crippen LogP contribution in [0.2, 0.25) is 0 Å². The number of fused-ring (bicyclic) bond motifs is 1. The highest BCUT2D eigenvalue weighted by atomic mass is 15.1. The highest BCUT2D eigenvalue weighted by Gasteiger charge is 2.21. The number of nitrogens with zero attached hydrogens (tertiary/aromatic N) is 2. The van der Waals surface area contributed by atoms with E-state index in [1.165, 1.54) is 16.8 Å². The smallest absolute Gasteiger partial charge is 0.140 e. The minimum Gasteiger partial charge on any atom is -0.327 e. The molecule has 1 aliphatic heterocycles. The van der Waals surface area contributed by atoms with Crippen molar-refractivity contribution in [3.8, 4) is 11.4 Å². The molecular weight excluding hydrogens is 210 g/mol. The predicted octanol–water partition coefficient (Wildman–Crippen LogP) is 2.65. The summed E-state index contributed by atoms with van der Waals surface area (Å²) in [6, 6.07) is 8.52. The average Bonchev–Trinajstić information content (AvgIpc) is 2.75. The van der Waals surface area contributed by atoms with E-state index in [-0.39, 0.29) is 6.04 Å². The maximum atomic E-state index is 6.11. The Bertz CT molecular complexity index is 542. The summed E-state index contributed by atoms with van der Waals surface area (Å²) in [6.45, 7) is 3.16. The van der Waals surface area contributed by atoms with Gasteiger partial charge in [-0.1, -0.05) is 24.3 Å². The number of hydrogen-bond acceptors (Lipinski definition) is 2. The Kier molecular flexibility index (Phi) is 2.48. The normalized spacial score (nSPS) is 19.1. The van der Waals surface area contributed by atoms with E-state index < -0.39 is 0 Å². The van der Waals surface area contributed by atoms with Gasteiger partial charge in [0.1, 0.15) is 5.82 Å². The molecule has 0 spiro atoms. The van der Waals surface area contributed by atoms with Gasteiger partial charge in [0.2, 0.25) is 0 Å². The van der Waals surface area contributed by atoms with Crippen LogP contribution >= 0.6 is 0 Å². The van der Waals surface area contributed by atoms with E-state index in [4.69, 9.17) is 5.73 Å². The van der Waals surface area contributed by atoms with Crippen molar-refractivity contribution in [2.45, 2.75) is 32.4 Å². The third-order valence-electron chi connectivity index (χ3n) is 3.55. The van der Waals surface area contributed by atoms with E-state index >= 15 is 0 Å². The first kappa shape index (κ1) is 10.5. The van der Waals surface area contributed by atoms with Crippen LogP contribution in [0, 0.1) is 6.92 Å². The zero-order valence-electron chi connectivity index (χ0n) is 10.1. The van der Waals surface area contributed by atoms with E-state index in [1.54, 1.807) is 0 Å². The molecule has 2 N–H and O–H groups in total. The summed E-state index contributed by atoms with van der Waals surface area (Å²) in [6.07, 6.45) is 4.15. The largest absolute Gasteiger partial charge is 0.327 e. The quantitative estimate of drug-likeness (QED) is 0.814.